The number of carbonyl (C=O) groups excluding carboxylic acids is 1. The molecule has 1 unspecified atom stereocenters. The fraction of sp³-hybridized carbons (Fsp3) is 0.278. The van der Waals surface area contributed by atoms with Gasteiger partial charge in [-0.3, -0.25) is 9.32 Å². The van der Waals surface area contributed by atoms with Gasteiger partial charge in [-0.15, -0.1) is 0 Å². The SMILES string of the molecule is CCCSP(=O)(OCC)Oc1cccc(NC(=O)c2ccccc2)c1. The highest BCUT2D eigenvalue weighted by atomic mass is 32.7. The largest absolute Gasteiger partial charge is 0.440 e. The summed E-state index contributed by atoms with van der Waals surface area (Å²) in [6.07, 6.45) is 0.873. The van der Waals surface area contributed by atoms with Crippen molar-refractivity contribution in [2.45, 2.75) is 20.3 Å². The van der Waals surface area contributed by atoms with Crippen LogP contribution < -0.4 is 9.84 Å². The molecule has 1 atom stereocenters. The summed E-state index contributed by atoms with van der Waals surface area (Å²) in [5, 5.41) is 2.80. The number of nitrogens with one attached hydrogen (secondary N) is 1. The molecule has 0 fully saturated rings. The highest BCUT2D eigenvalue weighted by Crippen LogP contribution is 2.60. The van der Waals surface area contributed by atoms with Crippen molar-refractivity contribution >= 4 is 29.8 Å². The zero-order valence-electron chi connectivity index (χ0n) is 14.3. The van der Waals surface area contributed by atoms with Gasteiger partial charge in [0, 0.05) is 23.1 Å². The lowest BCUT2D eigenvalue weighted by Crippen LogP contribution is -2.11. The van der Waals surface area contributed by atoms with E-state index in [0.29, 0.717) is 29.4 Å². The first-order valence-corrected chi connectivity index (χ1v) is 11.2. The fourth-order valence-corrected chi connectivity index (χ4v) is 5.45. The molecule has 0 aromatic heterocycles. The molecule has 25 heavy (non-hydrogen) atoms. The molecule has 0 spiro atoms. The predicted molar refractivity (Wildman–Crippen MR) is 103 cm³/mol. The predicted octanol–water partition coefficient (Wildman–Crippen LogP) is 5.61. The maximum absolute atomic E-state index is 12.7. The Bertz CT molecular complexity index is 739. The first-order valence-electron chi connectivity index (χ1n) is 8.11. The Morgan fingerprint density at radius 1 is 1.12 bits per heavy atom. The molecule has 2 rings (SSSR count). The van der Waals surface area contributed by atoms with Crippen molar-refractivity contribution in [3.63, 3.8) is 0 Å². The minimum Gasteiger partial charge on any atom is -0.417 e. The molecule has 0 aliphatic rings. The molecule has 2 aromatic carbocycles. The molecule has 134 valence electrons. The van der Waals surface area contributed by atoms with E-state index in [1.54, 1.807) is 55.5 Å². The number of rotatable bonds is 9. The van der Waals surface area contributed by atoms with E-state index < -0.39 is 6.80 Å². The second kappa shape index (κ2) is 9.66. The molecule has 0 saturated carbocycles. The summed E-state index contributed by atoms with van der Waals surface area (Å²) in [4.78, 5) is 12.2. The van der Waals surface area contributed by atoms with Crippen molar-refractivity contribution in [3.8, 4) is 5.75 Å². The lowest BCUT2D eigenvalue weighted by atomic mass is 10.2. The molecular weight excluding hydrogens is 357 g/mol. The molecule has 1 N–H and O–H groups in total. The van der Waals surface area contributed by atoms with E-state index in [1.807, 2.05) is 13.0 Å². The summed E-state index contributed by atoms with van der Waals surface area (Å²) < 4.78 is 23.7. The van der Waals surface area contributed by atoms with Gasteiger partial charge in [0.1, 0.15) is 5.75 Å². The zero-order chi connectivity index (χ0) is 18.1. The summed E-state index contributed by atoms with van der Waals surface area (Å²) in [5.41, 5.74) is 1.13. The normalized spacial score (nSPS) is 13.0. The van der Waals surface area contributed by atoms with Crippen LogP contribution in [0.3, 0.4) is 0 Å². The van der Waals surface area contributed by atoms with Crippen molar-refractivity contribution in [2.24, 2.45) is 0 Å². The summed E-state index contributed by atoms with van der Waals surface area (Å²) in [6, 6.07) is 15.7. The van der Waals surface area contributed by atoms with Crippen LogP contribution in [0.25, 0.3) is 0 Å². The molecule has 0 aliphatic heterocycles. The second-order valence-electron chi connectivity index (χ2n) is 5.14. The van der Waals surface area contributed by atoms with Crippen molar-refractivity contribution in [1.29, 1.82) is 0 Å². The van der Waals surface area contributed by atoms with Crippen LogP contribution >= 0.6 is 18.2 Å². The zero-order valence-corrected chi connectivity index (χ0v) is 16.0. The van der Waals surface area contributed by atoms with Crippen molar-refractivity contribution < 1.29 is 18.4 Å². The van der Waals surface area contributed by atoms with Gasteiger partial charge in [0.05, 0.1) is 6.61 Å². The van der Waals surface area contributed by atoms with Crippen LogP contribution in [0.4, 0.5) is 5.69 Å². The first-order chi connectivity index (χ1) is 12.1. The van der Waals surface area contributed by atoms with Gasteiger partial charge in [-0.25, -0.2) is 4.57 Å². The monoisotopic (exact) mass is 379 g/mol. The minimum absolute atomic E-state index is 0.217. The molecule has 0 bridgehead atoms. The Morgan fingerprint density at radius 3 is 2.56 bits per heavy atom. The Balaban J connectivity index is 2.09. The molecule has 0 aliphatic carbocycles. The lowest BCUT2D eigenvalue weighted by Gasteiger charge is -2.18. The standard InChI is InChI=1S/C18H22NO4PS/c1-3-13-25-24(21,22-4-2)23-17-12-8-11-16(14-17)19-18(20)15-9-6-5-7-10-15/h5-12,14H,3-4,13H2,1-2H3,(H,19,20). The van der Waals surface area contributed by atoms with E-state index in [1.165, 1.54) is 11.4 Å². The van der Waals surface area contributed by atoms with E-state index in [2.05, 4.69) is 5.32 Å². The second-order valence-corrected chi connectivity index (χ2v) is 9.26. The topological polar surface area (TPSA) is 64.6 Å². The van der Waals surface area contributed by atoms with Crippen LogP contribution in [-0.2, 0) is 9.09 Å². The van der Waals surface area contributed by atoms with Gasteiger partial charge in [-0.1, -0.05) is 31.2 Å². The summed E-state index contributed by atoms with van der Waals surface area (Å²) in [5.74, 6) is 0.860. The number of benzene rings is 2. The van der Waals surface area contributed by atoms with E-state index in [9.17, 15) is 9.36 Å². The van der Waals surface area contributed by atoms with Crippen LogP contribution in [-0.4, -0.2) is 18.3 Å². The fourth-order valence-electron chi connectivity index (χ4n) is 2.00. The van der Waals surface area contributed by atoms with Gasteiger partial charge in [0.2, 0.25) is 0 Å². The first kappa shape index (κ1) is 19.6. The maximum atomic E-state index is 12.7. The maximum Gasteiger partial charge on any atom is 0.440 e. The minimum atomic E-state index is -3.27. The number of hydrogen-bond donors (Lipinski definition) is 1. The third kappa shape index (κ3) is 6.24. The van der Waals surface area contributed by atoms with Gasteiger partial charge in [-0.2, -0.15) is 0 Å². The Kier molecular flexibility index (Phi) is 7.56. The number of hydrogen-bond acceptors (Lipinski definition) is 5. The molecule has 0 saturated heterocycles. The average molecular weight is 379 g/mol. The third-order valence-corrected chi connectivity index (χ3v) is 7.04. The average Bonchev–Trinajstić information content (AvgIpc) is 2.61. The molecule has 0 radical (unpaired) electrons. The molecule has 1 amide bonds. The van der Waals surface area contributed by atoms with Gasteiger partial charge in [0.25, 0.3) is 5.91 Å². The van der Waals surface area contributed by atoms with Gasteiger partial charge >= 0.3 is 6.80 Å². The smallest absolute Gasteiger partial charge is 0.417 e. The van der Waals surface area contributed by atoms with E-state index in [-0.39, 0.29) is 5.91 Å². The molecular formula is C18H22NO4PS. The summed E-state index contributed by atoms with van der Waals surface area (Å²) >= 11 is 1.18. The van der Waals surface area contributed by atoms with Crippen LogP contribution in [0.1, 0.15) is 30.6 Å². The Hall–Kier alpha value is -1.75. The highest BCUT2D eigenvalue weighted by Gasteiger charge is 2.26. The Morgan fingerprint density at radius 2 is 1.88 bits per heavy atom. The quantitative estimate of drug-likeness (QED) is 0.574. The lowest BCUT2D eigenvalue weighted by molar-refractivity contribution is 0.102. The number of amides is 1. The van der Waals surface area contributed by atoms with Crippen LogP contribution in [0.5, 0.6) is 5.75 Å². The van der Waals surface area contributed by atoms with Crippen LogP contribution in [0.2, 0.25) is 0 Å². The highest BCUT2D eigenvalue weighted by molar-refractivity contribution is 8.55. The Labute approximate surface area is 152 Å². The van der Waals surface area contributed by atoms with Gasteiger partial charge in [-0.05, 0) is 49.0 Å². The van der Waals surface area contributed by atoms with E-state index in [4.69, 9.17) is 9.05 Å². The van der Waals surface area contributed by atoms with Gasteiger partial charge < -0.3 is 9.84 Å². The molecule has 2 aromatic rings. The van der Waals surface area contributed by atoms with E-state index >= 15 is 0 Å². The number of anilines is 1. The molecule has 5 nitrogen and oxygen atoms in total. The third-order valence-electron chi connectivity index (χ3n) is 3.09. The van der Waals surface area contributed by atoms with Crippen LogP contribution in [0.15, 0.2) is 54.6 Å². The van der Waals surface area contributed by atoms with Gasteiger partial charge in [0.15, 0.2) is 0 Å². The number of carbonyl (C=O) groups is 1. The molecule has 0 heterocycles. The van der Waals surface area contributed by atoms with E-state index in [0.717, 1.165) is 6.42 Å². The van der Waals surface area contributed by atoms with Crippen LogP contribution in [0, 0.1) is 0 Å². The molecule has 7 heteroatoms. The van der Waals surface area contributed by atoms with Crippen molar-refractivity contribution in [3.05, 3.63) is 60.2 Å². The van der Waals surface area contributed by atoms with Crippen molar-refractivity contribution in [1.82, 2.24) is 0 Å². The summed E-state index contributed by atoms with van der Waals surface area (Å²) in [7, 11) is 0. The summed E-state index contributed by atoms with van der Waals surface area (Å²) in [6.45, 7) is 0.818. The van der Waals surface area contributed by atoms with Crippen molar-refractivity contribution in [2.75, 3.05) is 17.7 Å².